The first-order valence-electron chi connectivity index (χ1n) is 9.66. The van der Waals surface area contributed by atoms with E-state index < -0.39 is 21.8 Å². The maximum atomic E-state index is 12.4. The van der Waals surface area contributed by atoms with Crippen LogP contribution in [-0.4, -0.2) is 56.4 Å². The summed E-state index contributed by atoms with van der Waals surface area (Å²) in [6, 6.07) is 4.54. The topological polar surface area (TPSA) is 116 Å². The normalized spacial score (nSPS) is 19.5. The zero-order valence-corrected chi connectivity index (χ0v) is 17.4. The van der Waals surface area contributed by atoms with Crippen LogP contribution < -0.4 is 15.2 Å². The van der Waals surface area contributed by atoms with Crippen molar-refractivity contribution >= 4 is 33.4 Å². The van der Waals surface area contributed by atoms with Crippen molar-refractivity contribution in [3.05, 3.63) is 29.3 Å². The second-order valence-electron chi connectivity index (χ2n) is 7.58. The molecule has 1 fully saturated rings. The molecule has 0 unspecified atom stereocenters. The first-order chi connectivity index (χ1) is 13.7. The minimum absolute atomic E-state index is 0.0489. The number of amides is 3. The van der Waals surface area contributed by atoms with Crippen LogP contribution in [0.5, 0.6) is 0 Å². The molecular weight excluding hydrogens is 396 g/mol. The van der Waals surface area contributed by atoms with Gasteiger partial charge in [-0.25, -0.2) is 8.42 Å². The summed E-state index contributed by atoms with van der Waals surface area (Å²) in [5, 5.41) is 0. The van der Waals surface area contributed by atoms with Gasteiger partial charge in [0.2, 0.25) is 15.9 Å². The number of anilines is 1. The van der Waals surface area contributed by atoms with Gasteiger partial charge in [-0.1, -0.05) is 6.42 Å². The maximum absolute atomic E-state index is 12.4. The number of nitrogens with one attached hydrogen (secondary N) is 2. The Bertz CT molecular complexity index is 931. The van der Waals surface area contributed by atoms with Crippen molar-refractivity contribution in [2.24, 2.45) is 0 Å². The van der Waals surface area contributed by atoms with Crippen LogP contribution in [-0.2, 0) is 26.0 Å². The fraction of sp³-hybridized carbons (Fsp3) is 0.526. The van der Waals surface area contributed by atoms with E-state index in [-0.39, 0.29) is 18.5 Å². The predicted molar refractivity (Wildman–Crippen MR) is 108 cm³/mol. The van der Waals surface area contributed by atoms with E-state index in [1.54, 1.807) is 12.1 Å². The van der Waals surface area contributed by atoms with Gasteiger partial charge in [0, 0.05) is 24.6 Å². The highest BCUT2D eigenvalue weighted by Gasteiger charge is 2.32. The molecule has 0 saturated carbocycles. The van der Waals surface area contributed by atoms with Crippen molar-refractivity contribution in [1.82, 2.24) is 15.8 Å². The Morgan fingerprint density at radius 1 is 1.17 bits per heavy atom. The molecular formula is C19H26N4O5S. The Hall–Kier alpha value is -2.62. The molecule has 2 heterocycles. The Labute approximate surface area is 170 Å². The molecule has 158 valence electrons. The van der Waals surface area contributed by atoms with Crippen molar-refractivity contribution in [1.29, 1.82) is 0 Å². The molecule has 29 heavy (non-hydrogen) atoms. The van der Waals surface area contributed by atoms with Crippen LogP contribution in [0.1, 0.15) is 48.5 Å². The van der Waals surface area contributed by atoms with Crippen molar-refractivity contribution in [2.45, 2.75) is 45.1 Å². The second kappa shape index (κ2) is 8.40. The minimum atomic E-state index is -3.40. The summed E-state index contributed by atoms with van der Waals surface area (Å²) in [5.41, 5.74) is 6.34. The molecule has 1 saturated heterocycles. The second-order valence-corrected chi connectivity index (χ2v) is 9.44. The van der Waals surface area contributed by atoms with E-state index in [9.17, 15) is 22.8 Å². The molecule has 0 bridgehead atoms. The summed E-state index contributed by atoms with van der Waals surface area (Å²) in [7, 11) is -3.40. The van der Waals surface area contributed by atoms with Crippen LogP contribution in [0.3, 0.4) is 0 Å². The van der Waals surface area contributed by atoms with Crippen molar-refractivity contribution in [3.63, 3.8) is 0 Å². The Balaban J connectivity index is 1.60. The molecule has 10 heteroatoms. The molecule has 1 atom stereocenters. The molecule has 2 aliphatic rings. The lowest BCUT2D eigenvalue weighted by Gasteiger charge is -2.22. The molecule has 0 radical (unpaired) electrons. The molecule has 9 nitrogen and oxygen atoms in total. The number of hydrazine groups is 1. The number of fused-ring (bicyclic) bond motifs is 1. The Kier molecular flexibility index (Phi) is 6.11. The highest BCUT2D eigenvalue weighted by Crippen LogP contribution is 2.34. The monoisotopic (exact) mass is 422 g/mol. The lowest BCUT2D eigenvalue weighted by atomic mass is 10.1. The van der Waals surface area contributed by atoms with Crippen molar-refractivity contribution in [3.8, 4) is 0 Å². The van der Waals surface area contributed by atoms with Crippen molar-refractivity contribution in [2.75, 3.05) is 23.7 Å². The molecule has 0 spiro atoms. The molecule has 0 aliphatic carbocycles. The van der Waals surface area contributed by atoms with E-state index in [4.69, 9.17) is 0 Å². The van der Waals surface area contributed by atoms with Crippen molar-refractivity contribution < 1.29 is 22.8 Å². The van der Waals surface area contributed by atoms with Crippen LogP contribution in [0.2, 0.25) is 0 Å². The van der Waals surface area contributed by atoms with Crippen LogP contribution >= 0.6 is 0 Å². The fourth-order valence-corrected chi connectivity index (χ4v) is 5.13. The lowest BCUT2D eigenvalue weighted by Crippen LogP contribution is -2.47. The molecule has 2 N–H and O–H groups in total. The van der Waals surface area contributed by atoms with E-state index in [1.165, 1.54) is 15.3 Å². The van der Waals surface area contributed by atoms with E-state index in [1.807, 2.05) is 6.92 Å². The number of carbonyl (C=O) groups excluding carboxylic acids is 3. The highest BCUT2D eigenvalue weighted by atomic mass is 32.2. The van der Waals surface area contributed by atoms with Gasteiger partial charge in [0.1, 0.15) is 6.54 Å². The van der Waals surface area contributed by atoms with Gasteiger partial charge in [-0.2, -0.15) is 0 Å². The van der Waals surface area contributed by atoms with E-state index >= 15 is 0 Å². The number of benzene rings is 1. The summed E-state index contributed by atoms with van der Waals surface area (Å²) in [4.78, 5) is 37.9. The van der Waals surface area contributed by atoms with Crippen LogP contribution in [0.15, 0.2) is 18.2 Å². The third-order valence-electron chi connectivity index (χ3n) is 5.17. The molecule has 1 aromatic carbocycles. The van der Waals surface area contributed by atoms with Crippen LogP contribution in [0.4, 0.5) is 5.69 Å². The van der Waals surface area contributed by atoms with Crippen LogP contribution in [0, 0.1) is 0 Å². The third-order valence-corrected chi connectivity index (χ3v) is 6.44. The predicted octanol–water partition coefficient (Wildman–Crippen LogP) is 0.561. The fourth-order valence-electron chi connectivity index (χ4n) is 3.87. The summed E-state index contributed by atoms with van der Waals surface area (Å²) >= 11 is 0. The standard InChI is InChI=1S/C19H26N4O5S/c1-13-10-15-11-14(7-8-16(15)23(13)29(2,27)28)19(26)21-20-17(24)12-22-9-5-3-4-6-18(22)25/h7-8,11,13H,3-6,9-10,12H2,1-2H3,(H,20,24)(H,21,26)/t13-/m1/s1. The average molecular weight is 423 g/mol. The van der Waals surface area contributed by atoms with Gasteiger partial charge < -0.3 is 4.90 Å². The number of carbonyl (C=O) groups is 3. The van der Waals surface area contributed by atoms with Gasteiger partial charge in [-0.05, 0) is 49.9 Å². The zero-order chi connectivity index (χ0) is 21.2. The van der Waals surface area contributed by atoms with E-state index in [0.717, 1.165) is 31.1 Å². The number of hydrogen-bond acceptors (Lipinski definition) is 5. The van der Waals surface area contributed by atoms with Crippen LogP contribution in [0.25, 0.3) is 0 Å². The van der Waals surface area contributed by atoms with Gasteiger partial charge in [-0.15, -0.1) is 0 Å². The molecule has 0 aromatic heterocycles. The van der Waals surface area contributed by atoms with E-state index in [0.29, 0.717) is 30.6 Å². The molecule has 3 rings (SSSR count). The Morgan fingerprint density at radius 2 is 1.93 bits per heavy atom. The highest BCUT2D eigenvalue weighted by molar-refractivity contribution is 7.92. The summed E-state index contributed by atoms with van der Waals surface area (Å²) < 4.78 is 25.3. The molecule has 3 amide bonds. The number of rotatable bonds is 4. The number of nitrogens with zero attached hydrogens (tertiary/aromatic N) is 2. The summed E-state index contributed by atoms with van der Waals surface area (Å²) in [6.45, 7) is 2.26. The van der Waals surface area contributed by atoms with E-state index in [2.05, 4.69) is 10.9 Å². The molecule has 2 aliphatic heterocycles. The quantitative estimate of drug-likeness (QED) is 0.688. The SMILES string of the molecule is C[C@@H]1Cc2cc(C(=O)NNC(=O)CN3CCCCCC3=O)ccc2N1S(C)(=O)=O. The number of hydrogen-bond donors (Lipinski definition) is 2. The van der Waals surface area contributed by atoms with Gasteiger partial charge in [0.05, 0.1) is 11.9 Å². The van der Waals surface area contributed by atoms with Gasteiger partial charge >= 0.3 is 0 Å². The molecule has 1 aromatic rings. The number of sulfonamides is 1. The maximum Gasteiger partial charge on any atom is 0.269 e. The summed E-state index contributed by atoms with van der Waals surface area (Å²) in [5.74, 6) is -1.02. The average Bonchev–Trinajstić information content (AvgIpc) is 2.86. The minimum Gasteiger partial charge on any atom is -0.333 e. The van der Waals surface area contributed by atoms with Gasteiger partial charge in [0.15, 0.2) is 0 Å². The Morgan fingerprint density at radius 3 is 2.66 bits per heavy atom. The third kappa shape index (κ3) is 4.87. The first kappa shape index (κ1) is 21.1. The smallest absolute Gasteiger partial charge is 0.269 e. The van der Waals surface area contributed by atoms with Gasteiger partial charge in [-0.3, -0.25) is 29.5 Å². The number of likely N-dealkylation sites (tertiary alicyclic amines) is 1. The summed E-state index contributed by atoms with van der Waals surface area (Å²) in [6.07, 6.45) is 4.77. The first-order valence-corrected chi connectivity index (χ1v) is 11.5. The lowest BCUT2D eigenvalue weighted by molar-refractivity contribution is -0.135. The largest absolute Gasteiger partial charge is 0.333 e. The van der Waals surface area contributed by atoms with Gasteiger partial charge in [0.25, 0.3) is 11.8 Å². The zero-order valence-electron chi connectivity index (χ0n) is 16.6.